The van der Waals surface area contributed by atoms with E-state index in [2.05, 4.69) is 15.3 Å². The first kappa shape index (κ1) is 13.9. The number of carboxylic acids is 1. The molecule has 0 amide bonds. The van der Waals surface area contributed by atoms with Gasteiger partial charge in [0.2, 0.25) is 0 Å². The molecule has 1 atom stereocenters. The highest BCUT2D eigenvalue weighted by Gasteiger charge is 2.30. The lowest BCUT2D eigenvalue weighted by Gasteiger charge is -2.23. The highest BCUT2D eigenvalue weighted by molar-refractivity contribution is 7.99. The zero-order valence-corrected chi connectivity index (χ0v) is 11.0. The molecule has 0 aliphatic rings. The lowest BCUT2D eigenvalue weighted by molar-refractivity contribution is -0.144. The van der Waals surface area contributed by atoms with Gasteiger partial charge in [-0.15, -0.1) is 0 Å². The van der Waals surface area contributed by atoms with Gasteiger partial charge < -0.3 is 10.4 Å². The summed E-state index contributed by atoms with van der Waals surface area (Å²) in [7, 11) is 1.65. The molecule has 0 fully saturated rings. The topological polar surface area (TPSA) is 75.1 Å². The van der Waals surface area contributed by atoms with Crippen molar-refractivity contribution in [3.63, 3.8) is 0 Å². The van der Waals surface area contributed by atoms with Crippen LogP contribution in [0.25, 0.3) is 0 Å². The van der Waals surface area contributed by atoms with Crippen molar-refractivity contribution in [3.05, 3.63) is 18.0 Å². The Balaban J connectivity index is 2.47. The Labute approximate surface area is 105 Å². The molecule has 1 rings (SSSR count). The van der Waals surface area contributed by atoms with Crippen LogP contribution in [0.5, 0.6) is 0 Å². The monoisotopic (exact) mass is 255 g/mol. The molecule has 1 heterocycles. The molecule has 2 N–H and O–H groups in total. The molecule has 0 spiro atoms. The predicted molar refractivity (Wildman–Crippen MR) is 67.2 cm³/mol. The van der Waals surface area contributed by atoms with Gasteiger partial charge in [-0.3, -0.25) is 4.79 Å². The minimum absolute atomic E-state index is 0.515. The minimum atomic E-state index is -0.891. The summed E-state index contributed by atoms with van der Waals surface area (Å²) < 4.78 is 0. The number of aryl methyl sites for hydroxylation is 1. The third kappa shape index (κ3) is 3.98. The fourth-order valence-corrected chi connectivity index (χ4v) is 2.09. The van der Waals surface area contributed by atoms with Gasteiger partial charge in [-0.25, -0.2) is 9.97 Å². The normalized spacial score (nSPS) is 14.3. The molecule has 0 saturated heterocycles. The Bertz CT molecular complexity index is 383. The smallest absolute Gasteiger partial charge is 0.323 e. The number of carboxylic acid groups (broad SMARTS) is 1. The van der Waals surface area contributed by atoms with Crippen molar-refractivity contribution in [2.45, 2.75) is 31.0 Å². The number of hydrogen-bond donors (Lipinski definition) is 2. The van der Waals surface area contributed by atoms with Gasteiger partial charge in [-0.1, -0.05) is 11.8 Å². The van der Waals surface area contributed by atoms with E-state index < -0.39 is 11.5 Å². The molecule has 0 bridgehead atoms. The Morgan fingerprint density at radius 1 is 1.53 bits per heavy atom. The van der Waals surface area contributed by atoms with Gasteiger partial charge in [-0.05, 0) is 32.9 Å². The highest BCUT2D eigenvalue weighted by Crippen LogP contribution is 2.18. The number of carbonyl (C=O) groups is 1. The molecular weight excluding hydrogens is 238 g/mol. The van der Waals surface area contributed by atoms with Crippen LogP contribution in [0, 0.1) is 6.92 Å². The second-order valence-electron chi connectivity index (χ2n) is 4.03. The van der Waals surface area contributed by atoms with E-state index in [9.17, 15) is 4.79 Å². The van der Waals surface area contributed by atoms with E-state index in [0.29, 0.717) is 17.3 Å². The molecule has 0 saturated carbocycles. The molecule has 1 aromatic rings. The van der Waals surface area contributed by atoms with E-state index in [1.807, 2.05) is 6.92 Å². The number of aromatic nitrogens is 2. The first-order valence-electron chi connectivity index (χ1n) is 5.32. The number of nitrogens with one attached hydrogen (secondary N) is 1. The Hall–Kier alpha value is -1.14. The fourth-order valence-electron chi connectivity index (χ4n) is 1.14. The van der Waals surface area contributed by atoms with Crippen LogP contribution in [0.2, 0.25) is 0 Å². The minimum Gasteiger partial charge on any atom is -0.480 e. The molecule has 0 radical (unpaired) electrons. The number of thioether (sulfide) groups is 1. The first-order chi connectivity index (χ1) is 7.98. The summed E-state index contributed by atoms with van der Waals surface area (Å²) in [5.41, 5.74) is 0.123. The Morgan fingerprint density at radius 2 is 2.12 bits per heavy atom. The summed E-state index contributed by atoms with van der Waals surface area (Å²) >= 11 is 1.46. The average molecular weight is 255 g/mol. The maximum Gasteiger partial charge on any atom is 0.323 e. The maximum atomic E-state index is 11.0. The second kappa shape index (κ2) is 5.97. The Kier molecular flexibility index (Phi) is 4.89. The number of likely N-dealkylation sites (N-methyl/N-ethyl adjacent to an activating group) is 1. The first-order valence-corrected chi connectivity index (χ1v) is 6.30. The number of nitrogens with zero attached hydrogens (tertiary/aromatic N) is 2. The highest BCUT2D eigenvalue weighted by atomic mass is 32.2. The quantitative estimate of drug-likeness (QED) is 0.590. The zero-order chi connectivity index (χ0) is 12.9. The van der Waals surface area contributed by atoms with Gasteiger partial charge in [0.15, 0.2) is 5.16 Å². The number of aliphatic carboxylic acids is 1. The van der Waals surface area contributed by atoms with Crippen LogP contribution < -0.4 is 5.32 Å². The van der Waals surface area contributed by atoms with Gasteiger partial charge in [0, 0.05) is 18.1 Å². The SMILES string of the molecule is CNC(C)(CCSc1ncc(C)cn1)C(=O)O. The van der Waals surface area contributed by atoms with Crippen LogP contribution in [0.3, 0.4) is 0 Å². The lowest BCUT2D eigenvalue weighted by atomic mass is 10.00. The van der Waals surface area contributed by atoms with Crippen LogP contribution in [-0.4, -0.2) is 39.4 Å². The summed E-state index contributed by atoms with van der Waals surface area (Å²) in [6.07, 6.45) is 4.02. The van der Waals surface area contributed by atoms with Crippen molar-refractivity contribution in [3.8, 4) is 0 Å². The van der Waals surface area contributed by atoms with Crippen LogP contribution in [0.4, 0.5) is 0 Å². The van der Waals surface area contributed by atoms with E-state index in [-0.39, 0.29) is 0 Å². The average Bonchev–Trinajstić information content (AvgIpc) is 2.31. The second-order valence-corrected chi connectivity index (χ2v) is 5.09. The molecule has 94 valence electrons. The maximum absolute atomic E-state index is 11.0. The summed E-state index contributed by atoms with van der Waals surface area (Å²) in [6, 6.07) is 0. The third-order valence-electron chi connectivity index (χ3n) is 2.61. The molecule has 0 aliphatic heterocycles. The zero-order valence-electron chi connectivity index (χ0n) is 10.2. The van der Waals surface area contributed by atoms with Crippen molar-refractivity contribution in [2.75, 3.05) is 12.8 Å². The molecule has 1 aromatic heterocycles. The summed E-state index contributed by atoms with van der Waals surface area (Å²) in [5.74, 6) is -0.183. The predicted octanol–water partition coefficient (Wildman–Crippen LogP) is 1.33. The largest absolute Gasteiger partial charge is 0.480 e. The van der Waals surface area contributed by atoms with E-state index >= 15 is 0 Å². The molecule has 5 nitrogen and oxygen atoms in total. The van der Waals surface area contributed by atoms with Gasteiger partial charge in [0.05, 0.1) is 0 Å². The fraction of sp³-hybridized carbons (Fsp3) is 0.545. The van der Waals surface area contributed by atoms with Crippen molar-refractivity contribution >= 4 is 17.7 Å². The van der Waals surface area contributed by atoms with Gasteiger partial charge in [-0.2, -0.15) is 0 Å². The van der Waals surface area contributed by atoms with E-state index in [1.165, 1.54) is 11.8 Å². The summed E-state index contributed by atoms with van der Waals surface area (Å²) in [4.78, 5) is 19.3. The molecule has 0 aromatic carbocycles. The molecular formula is C11H17N3O2S. The van der Waals surface area contributed by atoms with Crippen molar-refractivity contribution in [1.82, 2.24) is 15.3 Å². The van der Waals surface area contributed by atoms with Crippen LogP contribution in [0.15, 0.2) is 17.6 Å². The Morgan fingerprint density at radius 3 is 2.59 bits per heavy atom. The van der Waals surface area contributed by atoms with E-state index in [4.69, 9.17) is 5.11 Å². The standard InChI is InChI=1S/C11H17N3O2S/c1-8-6-13-10(14-7-8)17-5-4-11(2,12-3)9(15)16/h6-7,12H,4-5H2,1-3H3,(H,15,16). The molecule has 0 aliphatic carbocycles. The van der Waals surface area contributed by atoms with Crippen molar-refractivity contribution in [2.24, 2.45) is 0 Å². The van der Waals surface area contributed by atoms with Gasteiger partial charge in [0.1, 0.15) is 5.54 Å². The van der Waals surface area contributed by atoms with E-state index in [0.717, 1.165) is 5.56 Å². The van der Waals surface area contributed by atoms with Gasteiger partial charge >= 0.3 is 5.97 Å². The molecule has 17 heavy (non-hydrogen) atoms. The van der Waals surface area contributed by atoms with Crippen molar-refractivity contribution < 1.29 is 9.90 Å². The van der Waals surface area contributed by atoms with Crippen molar-refractivity contribution in [1.29, 1.82) is 0 Å². The molecule has 6 heteroatoms. The lowest BCUT2D eigenvalue weighted by Crippen LogP contribution is -2.47. The number of hydrogen-bond acceptors (Lipinski definition) is 5. The van der Waals surface area contributed by atoms with Crippen LogP contribution in [-0.2, 0) is 4.79 Å². The van der Waals surface area contributed by atoms with Crippen LogP contribution in [0.1, 0.15) is 18.9 Å². The number of rotatable bonds is 6. The summed E-state index contributed by atoms with van der Waals surface area (Å²) in [5, 5.41) is 12.6. The van der Waals surface area contributed by atoms with Crippen LogP contribution >= 0.6 is 11.8 Å². The van der Waals surface area contributed by atoms with E-state index in [1.54, 1.807) is 26.4 Å². The van der Waals surface area contributed by atoms with Gasteiger partial charge in [0.25, 0.3) is 0 Å². The third-order valence-corrected chi connectivity index (χ3v) is 3.49. The molecule has 1 unspecified atom stereocenters. The summed E-state index contributed by atoms with van der Waals surface area (Å²) in [6.45, 7) is 3.60.